The Morgan fingerprint density at radius 1 is 0.879 bits per heavy atom. The number of hydrogen-bond donors (Lipinski definition) is 4. The van der Waals surface area contributed by atoms with Gasteiger partial charge in [-0.1, -0.05) is 12.1 Å². The zero-order valence-electron chi connectivity index (χ0n) is 19.3. The van der Waals surface area contributed by atoms with Crippen molar-refractivity contribution in [3.05, 3.63) is 36.0 Å². The zero-order valence-corrected chi connectivity index (χ0v) is 19.3. The molecule has 1 saturated heterocycles. The van der Waals surface area contributed by atoms with Crippen LogP contribution in [0.3, 0.4) is 0 Å². The Morgan fingerprint density at radius 3 is 2.42 bits per heavy atom. The number of fused-ring (bicyclic) bond motifs is 1. The molecule has 176 valence electrons. The second-order valence-corrected chi connectivity index (χ2v) is 8.42. The first kappa shape index (κ1) is 23.0. The highest BCUT2D eigenvalue weighted by Crippen LogP contribution is 2.22. The van der Waals surface area contributed by atoms with Crippen LogP contribution >= 0.6 is 0 Å². The van der Waals surface area contributed by atoms with E-state index in [1.165, 1.54) is 12.0 Å². The second-order valence-electron chi connectivity index (χ2n) is 8.42. The molecule has 0 atom stereocenters. The van der Waals surface area contributed by atoms with Crippen LogP contribution in [-0.2, 0) is 0 Å². The van der Waals surface area contributed by atoms with E-state index in [4.69, 9.17) is 5.11 Å². The van der Waals surface area contributed by atoms with Crippen molar-refractivity contribution in [2.24, 2.45) is 0 Å². The molecule has 4 rings (SSSR count). The number of aliphatic hydroxyl groups excluding tert-OH is 1. The fourth-order valence-electron chi connectivity index (χ4n) is 3.98. The van der Waals surface area contributed by atoms with Gasteiger partial charge >= 0.3 is 0 Å². The van der Waals surface area contributed by atoms with Crippen molar-refractivity contribution >= 4 is 34.4 Å². The van der Waals surface area contributed by atoms with E-state index in [2.05, 4.69) is 65.9 Å². The molecule has 0 amide bonds. The van der Waals surface area contributed by atoms with E-state index in [1.807, 2.05) is 12.3 Å². The van der Waals surface area contributed by atoms with Crippen molar-refractivity contribution < 1.29 is 5.11 Å². The van der Waals surface area contributed by atoms with Crippen molar-refractivity contribution in [2.45, 2.75) is 39.0 Å². The van der Waals surface area contributed by atoms with E-state index < -0.39 is 0 Å². The van der Waals surface area contributed by atoms with Crippen molar-refractivity contribution in [3.8, 4) is 0 Å². The van der Waals surface area contributed by atoms with E-state index in [0.717, 1.165) is 74.4 Å². The first-order chi connectivity index (χ1) is 16.2. The summed E-state index contributed by atoms with van der Waals surface area (Å²) in [5, 5.41) is 20.2. The SMILES string of the molecule is Cc1ccc2c(NCCNc3nc(NCCCCO)nc(N4CCCCC4)n3)ccnc2c1. The van der Waals surface area contributed by atoms with Crippen LogP contribution in [0.5, 0.6) is 0 Å². The molecule has 4 N–H and O–H groups in total. The number of hydrogen-bond acceptors (Lipinski definition) is 9. The minimum atomic E-state index is 0.198. The average Bonchev–Trinajstić information content (AvgIpc) is 2.85. The predicted octanol–water partition coefficient (Wildman–Crippen LogP) is 3.43. The van der Waals surface area contributed by atoms with Gasteiger partial charge in [0.2, 0.25) is 17.8 Å². The third kappa shape index (κ3) is 6.41. The number of pyridine rings is 1. The van der Waals surface area contributed by atoms with Gasteiger partial charge in [0.1, 0.15) is 0 Å². The van der Waals surface area contributed by atoms with E-state index in [1.54, 1.807) is 0 Å². The first-order valence-corrected chi connectivity index (χ1v) is 11.9. The van der Waals surface area contributed by atoms with Crippen LogP contribution in [0.15, 0.2) is 30.5 Å². The maximum absolute atomic E-state index is 9.00. The minimum absolute atomic E-state index is 0.198. The third-order valence-electron chi connectivity index (χ3n) is 5.75. The van der Waals surface area contributed by atoms with Crippen LogP contribution in [0, 0.1) is 6.92 Å². The van der Waals surface area contributed by atoms with E-state index in [9.17, 15) is 0 Å². The van der Waals surface area contributed by atoms with Gasteiger partial charge in [0, 0.05) is 56.6 Å². The van der Waals surface area contributed by atoms with Crippen LogP contribution in [0.1, 0.15) is 37.7 Å². The van der Waals surface area contributed by atoms with Crippen molar-refractivity contribution in [1.82, 2.24) is 19.9 Å². The number of rotatable bonds is 11. The number of anilines is 4. The van der Waals surface area contributed by atoms with E-state index in [0.29, 0.717) is 18.4 Å². The molecule has 33 heavy (non-hydrogen) atoms. The first-order valence-electron chi connectivity index (χ1n) is 11.9. The Labute approximate surface area is 195 Å². The second kappa shape index (κ2) is 11.6. The van der Waals surface area contributed by atoms with E-state index >= 15 is 0 Å². The highest BCUT2D eigenvalue weighted by molar-refractivity contribution is 5.91. The summed E-state index contributed by atoms with van der Waals surface area (Å²) in [5.74, 6) is 1.88. The summed E-state index contributed by atoms with van der Waals surface area (Å²) in [4.78, 5) is 20.6. The molecule has 9 nitrogen and oxygen atoms in total. The number of aliphatic hydroxyl groups is 1. The molecule has 1 aliphatic rings. The van der Waals surface area contributed by atoms with Gasteiger partial charge < -0.3 is 26.0 Å². The van der Waals surface area contributed by atoms with Crippen LogP contribution in [0.2, 0.25) is 0 Å². The van der Waals surface area contributed by atoms with Crippen molar-refractivity contribution in [1.29, 1.82) is 0 Å². The smallest absolute Gasteiger partial charge is 0.231 e. The summed E-state index contributed by atoms with van der Waals surface area (Å²) in [7, 11) is 0. The number of aryl methyl sites for hydroxylation is 1. The van der Waals surface area contributed by atoms with Gasteiger partial charge in [-0.2, -0.15) is 15.0 Å². The summed E-state index contributed by atoms with van der Waals surface area (Å²) < 4.78 is 0. The quantitative estimate of drug-likeness (QED) is 0.327. The molecule has 0 unspecified atom stereocenters. The summed E-state index contributed by atoms with van der Waals surface area (Å²) in [6, 6.07) is 8.32. The van der Waals surface area contributed by atoms with Crippen molar-refractivity contribution in [2.75, 3.05) is 60.2 Å². The van der Waals surface area contributed by atoms with E-state index in [-0.39, 0.29) is 6.61 Å². The Morgan fingerprint density at radius 2 is 1.64 bits per heavy atom. The fourth-order valence-corrected chi connectivity index (χ4v) is 3.98. The van der Waals surface area contributed by atoms with Gasteiger partial charge in [0.15, 0.2) is 0 Å². The summed E-state index contributed by atoms with van der Waals surface area (Å²) >= 11 is 0. The molecule has 1 aromatic carbocycles. The predicted molar refractivity (Wildman–Crippen MR) is 134 cm³/mol. The summed E-state index contributed by atoms with van der Waals surface area (Å²) in [6.07, 6.45) is 7.05. The van der Waals surface area contributed by atoms with Crippen LogP contribution in [0.25, 0.3) is 10.9 Å². The number of piperidine rings is 1. The van der Waals surface area contributed by atoms with Crippen LogP contribution in [-0.4, -0.2) is 64.4 Å². The molecule has 0 spiro atoms. The molecule has 0 aliphatic carbocycles. The largest absolute Gasteiger partial charge is 0.396 e. The van der Waals surface area contributed by atoms with Crippen LogP contribution < -0.4 is 20.9 Å². The lowest BCUT2D eigenvalue weighted by atomic mass is 10.1. The van der Waals surface area contributed by atoms with Crippen molar-refractivity contribution in [3.63, 3.8) is 0 Å². The van der Waals surface area contributed by atoms with Crippen LogP contribution in [0.4, 0.5) is 23.5 Å². The van der Waals surface area contributed by atoms with Gasteiger partial charge in [-0.3, -0.25) is 4.98 Å². The molecule has 3 heterocycles. The van der Waals surface area contributed by atoms with Gasteiger partial charge in [-0.15, -0.1) is 0 Å². The Balaban J connectivity index is 1.39. The molecule has 0 bridgehead atoms. The molecular weight excluding hydrogens is 416 g/mol. The number of benzene rings is 1. The average molecular weight is 451 g/mol. The Kier molecular flexibility index (Phi) is 8.08. The molecular formula is C24H34N8O. The molecule has 0 radical (unpaired) electrons. The zero-order chi connectivity index (χ0) is 22.9. The lowest BCUT2D eigenvalue weighted by Crippen LogP contribution is -2.31. The Hall–Kier alpha value is -3.20. The fraction of sp³-hybridized carbons (Fsp3) is 0.500. The number of nitrogens with zero attached hydrogens (tertiary/aromatic N) is 5. The maximum Gasteiger partial charge on any atom is 0.231 e. The monoisotopic (exact) mass is 450 g/mol. The maximum atomic E-state index is 9.00. The molecule has 3 aromatic rings. The normalized spacial score (nSPS) is 13.8. The highest BCUT2D eigenvalue weighted by Gasteiger charge is 2.16. The number of nitrogens with one attached hydrogen (secondary N) is 3. The topological polar surface area (TPSA) is 111 Å². The molecule has 1 fully saturated rings. The molecule has 9 heteroatoms. The number of aromatic nitrogens is 4. The lowest BCUT2D eigenvalue weighted by molar-refractivity contribution is 0.286. The Bertz CT molecular complexity index is 1040. The third-order valence-corrected chi connectivity index (χ3v) is 5.75. The minimum Gasteiger partial charge on any atom is -0.396 e. The molecule has 2 aromatic heterocycles. The van der Waals surface area contributed by atoms with Gasteiger partial charge in [0.25, 0.3) is 0 Å². The highest BCUT2D eigenvalue weighted by atomic mass is 16.2. The lowest BCUT2D eigenvalue weighted by Gasteiger charge is -2.27. The number of unbranched alkanes of at least 4 members (excludes halogenated alkanes) is 1. The molecule has 1 aliphatic heterocycles. The van der Waals surface area contributed by atoms with Gasteiger partial charge in [-0.25, -0.2) is 0 Å². The summed E-state index contributed by atoms with van der Waals surface area (Å²) in [6.45, 7) is 6.34. The van der Waals surface area contributed by atoms with Gasteiger partial charge in [-0.05, 0) is 56.7 Å². The molecule has 0 saturated carbocycles. The summed E-state index contributed by atoms with van der Waals surface area (Å²) in [5.41, 5.74) is 3.26. The standard InChI is InChI=1S/C24H34N8O/c1-18-7-8-19-20(9-11-25-21(19)17-18)26-12-13-28-23-29-22(27-10-3-6-16-33)30-24(31-23)32-14-4-2-5-15-32/h7-9,11,17,33H,2-6,10,12-16H2,1H3,(H,25,26)(H2,27,28,29,30,31). The van der Waals surface area contributed by atoms with Gasteiger partial charge in [0.05, 0.1) is 5.52 Å².